The van der Waals surface area contributed by atoms with Crippen LogP contribution < -0.4 is 14.4 Å². The van der Waals surface area contributed by atoms with Crippen molar-refractivity contribution in [3.63, 3.8) is 0 Å². The van der Waals surface area contributed by atoms with Gasteiger partial charge < -0.3 is 14.7 Å². The topological polar surface area (TPSA) is 95.9 Å². The van der Waals surface area contributed by atoms with Crippen LogP contribution in [-0.4, -0.2) is 51.0 Å². The Morgan fingerprint density at radius 3 is 2.79 bits per heavy atom. The van der Waals surface area contributed by atoms with Gasteiger partial charge in [-0.15, -0.1) is 13.2 Å². The summed E-state index contributed by atoms with van der Waals surface area (Å²) in [5.74, 6) is 0.319. The molecule has 4 atom stereocenters. The molecular weight excluding hydrogens is 572 g/mol. The number of nitrogens with zero attached hydrogens (tertiary/aromatic N) is 1. The largest absolute Gasteiger partial charge is 0.490 e. The van der Waals surface area contributed by atoms with Gasteiger partial charge in [0.05, 0.1) is 24.2 Å². The average Bonchev–Trinajstić information content (AvgIpc) is 3.08. The van der Waals surface area contributed by atoms with Gasteiger partial charge in [-0.3, -0.25) is 4.79 Å². The molecule has 0 aromatic heterocycles. The lowest BCUT2D eigenvalue weighted by atomic mass is 9.68. The van der Waals surface area contributed by atoms with E-state index in [0.717, 1.165) is 42.8 Å². The number of aliphatic hydroxyl groups is 1. The minimum Gasteiger partial charge on any atom is -0.490 e. The number of aryl methyl sites for hydroxylation is 1. The van der Waals surface area contributed by atoms with Crippen LogP contribution in [0.5, 0.6) is 5.75 Å². The first-order chi connectivity index (χ1) is 20.1. The maximum absolute atomic E-state index is 13.1. The Morgan fingerprint density at radius 1 is 1.21 bits per heavy atom. The van der Waals surface area contributed by atoms with Gasteiger partial charge in [-0.25, -0.2) is 13.1 Å². The highest BCUT2D eigenvalue weighted by atomic mass is 35.5. The molecule has 1 spiro atoms. The van der Waals surface area contributed by atoms with E-state index in [4.69, 9.17) is 16.3 Å². The first-order valence-corrected chi connectivity index (χ1v) is 16.9. The summed E-state index contributed by atoms with van der Waals surface area (Å²) in [4.78, 5) is 15.4. The van der Waals surface area contributed by atoms with E-state index >= 15 is 0 Å². The van der Waals surface area contributed by atoms with Gasteiger partial charge in [0.2, 0.25) is 10.0 Å². The van der Waals surface area contributed by atoms with Crippen LogP contribution in [0.4, 0.5) is 5.69 Å². The van der Waals surface area contributed by atoms with E-state index in [1.807, 2.05) is 6.07 Å². The highest BCUT2D eigenvalue weighted by Crippen LogP contribution is 2.46. The first-order valence-electron chi connectivity index (χ1n) is 14.9. The van der Waals surface area contributed by atoms with Crippen LogP contribution in [0.2, 0.25) is 5.02 Å². The van der Waals surface area contributed by atoms with E-state index in [-0.39, 0.29) is 28.6 Å². The van der Waals surface area contributed by atoms with E-state index < -0.39 is 22.0 Å². The van der Waals surface area contributed by atoms with E-state index in [2.05, 4.69) is 34.9 Å². The van der Waals surface area contributed by atoms with E-state index in [1.165, 1.54) is 11.1 Å². The zero-order chi connectivity index (χ0) is 29.9. The van der Waals surface area contributed by atoms with Crippen LogP contribution in [0.3, 0.4) is 0 Å². The number of rotatable bonds is 11. The fraction of sp³-hybridized carbons (Fsp3) is 0.485. The van der Waals surface area contributed by atoms with Gasteiger partial charge in [-0.2, -0.15) is 0 Å². The molecule has 3 aliphatic rings. The van der Waals surface area contributed by atoms with Gasteiger partial charge in [0.25, 0.3) is 5.91 Å². The number of aliphatic hydroxyl groups excluding tert-OH is 1. The molecule has 1 heterocycles. The number of ether oxygens (including phenoxy) is 1. The van der Waals surface area contributed by atoms with Crippen molar-refractivity contribution in [1.29, 1.82) is 0 Å². The van der Waals surface area contributed by atoms with Crippen LogP contribution in [0, 0.1) is 11.8 Å². The van der Waals surface area contributed by atoms with Crippen molar-refractivity contribution < 1.29 is 23.1 Å². The molecule has 7 nitrogen and oxygen atoms in total. The van der Waals surface area contributed by atoms with Crippen molar-refractivity contribution in [1.82, 2.24) is 4.72 Å². The Hall–Kier alpha value is -2.81. The number of carbonyl (C=O) groups is 1. The summed E-state index contributed by atoms with van der Waals surface area (Å²) in [6.45, 7) is 9.29. The highest BCUT2D eigenvalue weighted by Gasteiger charge is 2.44. The van der Waals surface area contributed by atoms with E-state index in [0.29, 0.717) is 44.7 Å². The molecule has 0 bridgehead atoms. The lowest BCUT2D eigenvalue weighted by Gasteiger charge is -2.45. The average molecular weight is 613 g/mol. The summed E-state index contributed by atoms with van der Waals surface area (Å²) in [5.41, 5.74) is 3.25. The number of amides is 1. The molecule has 0 saturated heterocycles. The van der Waals surface area contributed by atoms with Gasteiger partial charge in [-0.05, 0) is 105 Å². The van der Waals surface area contributed by atoms with Gasteiger partial charge in [0.15, 0.2) is 0 Å². The summed E-state index contributed by atoms with van der Waals surface area (Å²) >= 11 is 6.38. The Morgan fingerprint density at radius 2 is 2.05 bits per heavy atom. The maximum Gasteiger partial charge on any atom is 0.264 e. The normalized spacial score (nSPS) is 23.9. The Bertz CT molecular complexity index is 1440. The third kappa shape index (κ3) is 6.56. The molecular formula is C33H41ClN2O5S. The minimum atomic E-state index is -3.78. The van der Waals surface area contributed by atoms with Crippen molar-refractivity contribution in [2.45, 2.75) is 62.9 Å². The molecule has 226 valence electrons. The number of hydrogen-bond acceptors (Lipinski definition) is 6. The number of carbonyl (C=O) groups excluding carboxylic acids is 1. The van der Waals surface area contributed by atoms with Crippen LogP contribution in [0.1, 0.15) is 66.4 Å². The van der Waals surface area contributed by atoms with E-state index in [1.54, 1.807) is 30.4 Å². The molecule has 5 rings (SSSR count). The predicted octanol–water partition coefficient (Wildman–Crippen LogP) is 5.80. The van der Waals surface area contributed by atoms with Crippen molar-refractivity contribution in [3.8, 4) is 5.75 Å². The van der Waals surface area contributed by atoms with Gasteiger partial charge in [-0.1, -0.05) is 29.8 Å². The molecule has 1 fully saturated rings. The van der Waals surface area contributed by atoms with Crippen LogP contribution >= 0.6 is 11.6 Å². The zero-order valence-corrected chi connectivity index (χ0v) is 25.6. The second kappa shape index (κ2) is 12.8. The number of unbranched alkanes of at least 4 members (excludes halogenated alkanes) is 1. The van der Waals surface area contributed by atoms with E-state index in [9.17, 15) is 18.3 Å². The monoisotopic (exact) mass is 612 g/mol. The number of anilines is 1. The van der Waals surface area contributed by atoms with Crippen LogP contribution in [0.15, 0.2) is 61.7 Å². The summed E-state index contributed by atoms with van der Waals surface area (Å²) in [7, 11) is -3.78. The molecule has 1 aliphatic heterocycles. The SMILES string of the molecule is C=CCCCS(=O)(=O)NC(=O)c1ccc2c(c1)N(C[C@@H]1CC[C@H]1[C@@H](O)CC=C)C[C@@]1(CCCc3cc(Cl)ccc31)CO2. The molecule has 2 aliphatic carbocycles. The summed E-state index contributed by atoms with van der Waals surface area (Å²) in [6.07, 6.45) is 9.42. The number of fused-ring (bicyclic) bond motifs is 3. The minimum absolute atomic E-state index is 0.146. The Balaban J connectivity index is 1.47. The molecule has 1 amide bonds. The second-order valence-corrected chi connectivity index (χ2v) is 14.3. The highest BCUT2D eigenvalue weighted by molar-refractivity contribution is 7.90. The van der Waals surface area contributed by atoms with Crippen molar-refractivity contribution in [3.05, 3.63) is 83.4 Å². The lowest BCUT2D eigenvalue weighted by Crippen LogP contribution is -2.49. The first kappa shape index (κ1) is 30.6. The lowest BCUT2D eigenvalue weighted by molar-refractivity contribution is 0.0178. The Labute approximate surface area is 254 Å². The standard InChI is InChI=1S/C33H41ClN2O5S/c1-3-5-6-17-42(39,40)35-32(38)24-11-15-31-29(19-24)36(20-25-10-13-27(25)30(37)8-4-2)21-33(22-41-31)16-7-9-23-18-26(34)12-14-28(23)33/h3-4,11-12,14-15,18-19,25,27,30,37H,1-2,5-10,13,16-17,20-22H2,(H,35,38)/t25-,27+,30-,33-/m0/s1. The summed E-state index contributed by atoms with van der Waals surface area (Å²) < 4.78 is 33.8. The number of hydrogen-bond donors (Lipinski definition) is 2. The third-order valence-corrected chi connectivity index (χ3v) is 10.8. The quantitative estimate of drug-likeness (QED) is 0.246. The van der Waals surface area contributed by atoms with Crippen molar-refractivity contribution in [2.75, 3.05) is 30.3 Å². The maximum atomic E-state index is 13.1. The van der Waals surface area contributed by atoms with Gasteiger partial charge in [0.1, 0.15) is 5.75 Å². The predicted molar refractivity (Wildman–Crippen MR) is 168 cm³/mol. The Kier molecular flexibility index (Phi) is 9.35. The number of nitrogens with one attached hydrogen (secondary N) is 1. The molecule has 9 heteroatoms. The molecule has 2 aromatic rings. The van der Waals surface area contributed by atoms with Gasteiger partial charge >= 0.3 is 0 Å². The molecule has 1 saturated carbocycles. The number of halogens is 1. The smallest absolute Gasteiger partial charge is 0.264 e. The van der Waals surface area contributed by atoms with Crippen molar-refractivity contribution in [2.24, 2.45) is 11.8 Å². The molecule has 2 aromatic carbocycles. The number of allylic oxidation sites excluding steroid dienone is 1. The summed E-state index contributed by atoms with van der Waals surface area (Å²) in [5, 5.41) is 11.5. The second-order valence-electron chi connectivity index (χ2n) is 12.1. The molecule has 42 heavy (non-hydrogen) atoms. The number of benzene rings is 2. The molecule has 2 N–H and O–H groups in total. The third-order valence-electron chi connectivity index (χ3n) is 9.20. The van der Waals surface area contributed by atoms with Crippen LogP contribution in [-0.2, 0) is 21.9 Å². The molecule has 0 unspecified atom stereocenters. The summed E-state index contributed by atoms with van der Waals surface area (Å²) in [6, 6.07) is 11.3. The van der Waals surface area contributed by atoms with Gasteiger partial charge in [0, 0.05) is 29.1 Å². The van der Waals surface area contributed by atoms with Crippen molar-refractivity contribution >= 4 is 33.2 Å². The molecule has 0 radical (unpaired) electrons. The van der Waals surface area contributed by atoms with Crippen LogP contribution in [0.25, 0.3) is 0 Å². The zero-order valence-electron chi connectivity index (χ0n) is 24.1. The fourth-order valence-electron chi connectivity index (χ4n) is 6.88. The number of sulfonamides is 1. The fourth-order valence-corrected chi connectivity index (χ4v) is 8.12.